The highest BCUT2D eigenvalue weighted by Gasteiger charge is 2.22. The molecule has 2 aromatic heterocycles. The molecule has 4 rings (SSSR count). The van der Waals surface area contributed by atoms with Crippen molar-refractivity contribution in [1.82, 2.24) is 9.38 Å². The van der Waals surface area contributed by atoms with Crippen LogP contribution in [-0.4, -0.2) is 16.5 Å². The van der Waals surface area contributed by atoms with E-state index in [9.17, 15) is 4.39 Å². The lowest BCUT2D eigenvalue weighted by molar-refractivity contribution is 0.413. The minimum atomic E-state index is -0.370. The number of fused-ring (bicyclic) bond motifs is 1. The highest BCUT2D eigenvalue weighted by molar-refractivity contribution is 5.84. The number of methoxy groups -OCH3 is 1. The third kappa shape index (κ3) is 2.89. The van der Waals surface area contributed by atoms with E-state index < -0.39 is 0 Å². The van der Waals surface area contributed by atoms with E-state index in [1.165, 1.54) is 13.2 Å². The van der Waals surface area contributed by atoms with Crippen LogP contribution >= 0.6 is 0 Å². The van der Waals surface area contributed by atoms with Gasteiger partial charge in [-0.3, -0.25) is 4.40 Å². The van der Waals surface area contributed by atoms with Crippen molar-refractivity contribution in [3.05, 3.63) is 77.2 Å². The Morgan fingerprint density at radius 3 is 2.32 bits per heavy atom. The molecule has 0 fully saturated rings. The number of rotatable bonds is 4. The molecule has 0 aliphatic carbocycles. The summed E-state index contributed by atoms with van der Waals surface area (Å²) in [5, 5.41) is 3.53. The summed E-state index contributed by atoms with van der Waals surface area (Å²) in [7, 11) is 1.54. The number of benzene rings is 2. The van der Waals surface area contributed by atoms with Crippen molar-refractivity contribution in [3.63, 3.8) is 0 Å². The fourth-order valence-electron chi connectivity index (χ4n) is 3.58. The quantitative estimate of drug-likeness (QED) is 0.489. The normalized spacial score (nSPS) is 11.0. The second-order valence-electron chi connectivity index (χ2n) is 6.88. The Hall–Kier alpha value is -3.34. The van der Waals surface area contributed by atoms with Crippen molar-refractivity contribution in [3.8, 4) is 17.0 Å². The van der Waals surface area contributed by atoms with Gasteiger partial charge in [-0.15, -0.1) is 0 Å². The molecule has 0 saturated carbocycles. The fourth-order valence-corrected chi connectivity index (χ4v) is 3.58. The van der Waals surface area contributed by atoms with Gasteiger partial charge >= 0.3 is 0 Å². The van der Waals surface area contributed by atoms with Crippen LogP contribution < -0.4 is 10.1 Å². The van der Waals surface area contributed by atoms with Crippen LogP contribution in [0.1, 0.15) is 16.8 Å². The predicted molar refractivity (Wildman–Crippen MR) is 111 cm³/mol. The average molecular weight is 375 g/mol. The molecule has 1 N–H and O–H groups in total. The zero-order valence-corrected chi connectivity index (χ0v) is 16.4. The standard InChI is InChI=1S/C23H22FN3O/c1-14-8-5-9-15(2)21(14)26-23-22(20-17(24)11-7-12-18(20)28-4)25-19-13-6-10-16(3)27(19)23/h5-13,26H,1-4H3. The topological polar surface area (TPSA) is 38.6 Å². The molecule has 0 aliphatic heterocycles. The molecule has 0 saturated heterocycles. The Balaban J connectivity index is 2.04. The molecule has 2 heterocycles. The van der Waals surface area contributed by atoms with Crippen molar-refractivity contribution in [2.75, 3.05) is 12.4 Å². The zero-order valence-electron chi connectivity index (χ0n) is 16.4. The monoisotopic (exact) mass is 375 g/mol. The van der Waals surface area contributed by atoms with Crippen molar-refractivity contribution in [1.29, 1.82) is 0 Å². The van der Waals surface area contributed by atoms with Crippen LogP contribution in [0.4, 0.5) is 15.9 Å². The Bertz CT molecular complexity index is 1160. The molecule has 5 heteroatoms. The highest BCUT2D eigenvalue weighted by Crippen LogP contribution is 2.39. The SMILES string of the molecule is COc1cccc(F)c1-c1nc2cccc(C)n2c1Nc1c(C)cccc1C. The maximum absolute atomic E-state index is 14.9. The van der Waals surface area contributed by atoms with Gasteiger partial charge in [-0.25, -0.2) is 9.37 Å². The van der Waals surface area contributed by atoms with Crippen LogP contribution in [0.2, 0.25) is 0 Å². The number of hydrogen-bond acceptors (Lipinski definition) is 3. The Morgan fingerprint density at radius 2 is 1.61 bits per heavy atom. The van der Waals surface area contributed by atoms with Crippen LogP contribution in [0.5, 0.6) is 5.75 Å². The number of aryl methyl sites for hydroxylation is 3. The third-order valence-electron chi connectivity index (χ3n) is 5.00. The summed E-state index contributed by atoms with van der Waals surface area (Å²) in [6, 6.07) is 16.8. The molecule has 28 heavy (non-hydrogen) atoms. The first kappa shape index (κ1) is 18.0. The number of halogens is 1. The van der Waals surface area contributed by atoms with Crippen molar-refractivity contribution >= 4 is 17.2 Å². The molecule has 0 radical (unpaired) electrons. The summed E-state index contributed by atoms with van der Waals surface area (Å²) < 4.78 is 22.3. The third-order valence-corrected chi connectivity index (χ3v) is 5.00. The molecule has 0 bridgehead atoms. The number of nitrogens with zero attached hydrogens (tertiary/aromatic N) is 2. The minimum absolute atomic E-state index is 0.349. The summed E-state index contributed by atoms with van der Waals surface area (Å²) in [4.78, 5) is 4.75. The van der Waals surface area contributed by atoms with E-state index in [0.717, 1.165) is 28.2 Å². The van der Waals surface area contributed by atoms with E-state index in [1.807, 2.05) is 35.6 Å². The number of aromatic nitrogens is 2. The molecule has 0 unspecified atom stereocenters. The van der Waals surface area contributed by atoms with Crippen molar-refractivity contribution in [2.24, 2.45) is 0 Å². The summed E-state index contributed by atoms with van der Waals surface area (Å²) in [6.07, 6.45) is 0. The van der Waals surface area contributed by atoms with E-state index in [-0.39, 0.29) is 5.82 Å². The van der Waals surface area contributed by atoms with E-state index in [0.29, 0.717) is 22.8 Å². The molecule has 0 aliphatic rings. The molecule has 0 atom stereocenters. The summed E-state index contributed by atoms with van der Waals surface area (Å²) >= 11 is 0. The lowest BCUT2D eigenvalue weighted by atomic mass is 10.1. The number of pyridine rings is 1. The van der Waals surface area contributed by atoms with Gasteiger partial charge in [0.15, 0.2) is 0 Å². The molecule has 4 nitrogen and oxygen atoms in total. The van der Waals surface area contributed by atoms with Gasteiger partial charge in [0.25, 0.3) is 0 Å². The molecular formula is C23H22FN3O. The van der Waals surface area contributed by atoms with Gasteiger partial charge in [0.1, 0.15) is 28.7 Å². The number of imidazole rings is 1. The first-order chi connectivity index (χ1) is 13.5. The molecule has 142 valence electrons. The lowest BCUT2D eigenvalue weighted by Gasteiger charge is -2.16. The van der Waals surface area contributed by atoms with Gasteiger partial charge in [0, 0.05) is 11.4 Å². The van der Waals surface area contributed by atoms with Gasteiger partial charge in [-0.2, -0.15) is 0 Å². The summed E-state index contributed by atoms with van der Waals surface area (Å²) in [5.74, 6) is 0.796. The summed E-state index contributed by atoms with van der Waals surface area (Å²) in [6.45, 7) is 6.11. The largest absolute Gasteiger partial charge is 0.496 e. The number of nitrogens with one attached hydrogen (secondary N) is 1. The number of ether oxygens (including phenoxy) is 1. The number of hydrogen-bond donors (Lipinski definition) is 1. The van der Waals surface area contributed by atoms with E-state index in [1.54, 1.807) is 12.1 Å². The molecule has 0 spiro atoms. The van der Waals surface area contributed by atoms with E-state index in [2.05, 4.69) is 31.3 Å². The number of para-hydroxylation sites is 1. The summed E-state index contributed by atoms with van der Waals surface area (Å²) in [5.41, 5.74) is 5.82. The van der Waals surface area contributed by atoms with E-state index in [4.69, 9.17) is 9.72 Å². The fraction of sp³-hybridized carbons (Fsp3) is 0.174. The average Bonchev–Trinajstić information content (AvgIpc) is 3.03. The smallest absolute Gasteiger partial charge is 0.143 e. The highest BCUT2D eigenvalue weighted by atomic mass is 19.1. The van der Waals surface area contributed by atoms with Crippen LogP contribution in [0.25, 0.3) is 16.9 Å². The van der Waals surface area contributed by atoms with E-state index >= 15 is 0 Å². The van der Waals surface area contributed by atoms with Crippen molar-refractivity contribution in [2.45, 2.75) is 20.8 Å². The molecular weight excluding hydrogens is 353 g/mol. The molecule has 4 aromatic rings. The van der Waals surface area contributed by atoms with Crippen LogP contribution in [-0.2, 0) is 0 Å². The second kappa shape index (κ2) is 7.00. The lowest BCUT2D eigenvalue weighted by Crippen LogP contribution is -2.03. The van der Waals surface area contributed by atoms with Crippen LogP contribution in [0, 0.1) is 26.6 Å². The van der Waals surface area contributed by atoms with Gasteiger partial charge in [-0.1, -0.05) is 30.3 Å². The zero-order chi connectivity index (χ0) is 19.8. The maximum Gasteiger partial charge on any atom is 0.143 e. The molecule has 0 amide bonds. The van der Waals surface area contributed by atoms with Gasteiger partial charge in [-0.05, 0) is 56.2 Å². The minimum Gasteiger partial charge on any atom is -0.496 e. The van der Waals surface area contributed by atoms with Gasteiger partial charge in [0.2, 0.25) is 0 Å². The Morgan fingerprint density at radius 1 is 0.929 bits per heavy atom. The predicted octanol–water partition coefficient (Wildman–Crippen LogP) is 5.82. The molecule has 2 aromatic carbocycles. The maximum atomic E-state index is 14.9. The first-order valence-corrected chi connectivity index (χ1v) is 9.15. The second-order valence-corrected chi connectivity index (χ2v) is 6.88. The van der Waals surface area contributed by atoms with Crippen LogP contribution in [0.15, 0.2) is 54.6 Å². The van der Waals surface area contributed by atoms with Crippen LogP contribution in [0.3, 0.4) is 0 Å². The van der Waals surface area contributed by atoms with Gasteiger partial charge < -0.3 is 10.1 Å². The Labute approximate surface area is 163 Å². The first-order valence-electron chi connectivity index (χ1n) is 9.15. The Kier molecular flexibility index (Phi) is 4.51. The van der Waals surface area contributed by atoms with Crippen molar-refractivity contribution < 1.29 is 9.13 Å². The van der Waals surface area contributed by atoms with Gasteiger partial charge in [0.05, 0.1) is 12.7 Å². The number of anilines is 2.